The Morgan fingerprint density at radius 3 is 2.58 bits per heavy atom. The number of halogens is 1. The number of unbranched alkanes of at least 4 members (excludes halogenated alkanes) is 1. The Morgan fingerprint density at radius 2 is 1.92 bits per heavy atom. The maximum Gasteiger partial charge on any atom is 0.191 e. The molecule has 2 N–H and O–H groups in total. The molecule has 0 amide bonds. The highest BCUT2D eigenvalue weighted by Crippen LogP contribution is 2.18. The van der Waals surface area contributed by atoms with Crippen LogP contribution in [0.3, 0.4) is 0 Å². The van der Waals surface area contributed by atoms with E-state index in [1.54, 1.807) is 14.2 Å². The zero-order chi connectivity index (χ0) is 16.9. The average Bonchev–Trinajstić information content (AvgIpc) is 2.57. The van der Waals surface area contributed by atoms with E-state index in [2.05, 4.69) is 47.7 Å². The summed E-state index contributed by atoms with van der Waals surface area (Å²) in [5, 5.41) is 6.57. The standard InChI is InChI=1S/C18H31N3O2.HI/c1-5-6-12-23-13-11-21-18(19-3)20-10-9-16-8-7-15(2)17(14-16)22-4;/h7-8,14H,5-6,9-13H2,1-4H3,(H2,19,20,21);1H. The molecule has 0 aliphatic rings. The van der Waals surface area contributed by atoms with Crippen molar-refractivity contribution < 1.29 is 9.47 Å². The van der Waals surface area contributed by atoms with Gasteiger partial charge in [0.15, 0.2) is 5.96 Å². The topological polar surface area (TPSA) is 54.9 Å². The van der Waals surface area contributed by atoms with Crippen molar-refractivity contribution in [3.8, 4) is 5.75 Å². The number of ether oxygens (including phenoxy) is 2. The Balaban J connectivity index is 0.00000529. The molecule has 0 aromatic heterocycles. The summed E-state index contributed by atoms with van der Waals surface area (Å²) < 4.78 is 10.9. The van der Waals surface area contributed by atoms with Crippen molar-refractivity contribution in [1.82, 2.24) is 10.6 Å². The number of hydrogen-bond donors (Lipinski definition) is 2. The average molecular weight is 449 g/mol. The van der Waals surface area contributed by atoms with Crippen LogP contribution < -0.4 is 15.4 Å². The Morgan fingerprint density at radius 1 is 1.17 bits per heavy atom. The maximum atomic E-state index is 5.52. The molecule has 0 unspecified atom stereocenters. The Kier molecular flexibility index (Phi) is 13.7. The number of rotatable bonds is 10. The van der Waals surface area contributed by atoms with Crippen molar-refractivity contribution in [2.24, 2.45) is 4.99 Å². The normalized spacial score (nSPS) is 10.9. The fourth-order valence-electron chi connectivity index (χ4n) is 2.16. The molecule has 0 saturated heterocycles. The number of methoxy groups -OCH3 is 1. The third-order valence-electron chi connectivity index (χ3n) is 3.58. The van der Waals surface area contributed by atoms with Crippen LogP contribution in [0, 0.1) is 6.92 Å². The second kappa shape index (κ2) is 14.3. The van der Waals surface area contributed by atoms with Gasteiger partial charge < -0.3 is 20.1 Å². The summed E-state index contributed by atoms with van der Waals surface area (Å²) in [5.74, 6) is 1.75. The lowest BCUT2D eigenvalue weighted by Gasteiger charge is -2.12. The minimum absolute atomic E-state index is 0. The first-order valence-electron chi connectivity index (χ1n) is 8.37. The molecule has 138 valence electrons. The molecule has 5 nitrogen and oxygen atoms in total. The van der Waals surface area contributed by atoms with Gasteiger partial charge in [-0.3, -0.25) is 4.99 Å². The van der Waals surface area contributed by atoms with Crippen molar-refractivity contribution >= 4 is 29.9 Å². The van der Waals surface area contributed by atoms with Crippen molar-refractivity contribution in [2.75, 3.05) is 40.5 Å². The van der Waals surface area contributed by atoms with Gasteiger partial charge in [0.05, 0.1) is 13.7 Å². The molecule has 6 heteroatoms. The summed E-state index contributed by atoms with van der Waals surface area (Å²) in [6.07, 6.45) is 3.21. The van der Waals surface area contributed by atoms with Crippen molar-refractivity contribution in [3.05, 3.63) is 29.3 Å². The van der Waals surface area contributed by atoms with Gasteiger partial charge >= 0.3 is 0 Å². The first kappa shape index (κ1) is 23.0. The molecule has 0 atom stereocenters. The highest BCUT2D eigenvalue weighted by molar-refractivity contribution is 14.0. The number of nitrogens with one attached hydrogen (secondary N) is 2. The number of aryl methyl sites for hydroxylation is 1. The van der Waals surface area contributed by atoms with Crippen molar-refractivity contribution in [3.63, 3.8) is 0 Å². The molecule has 1 rings (SSSR count). The van der Waals surface area contributed by atoms with Gasteiger partial charge in [-0.15, -0.1) is 24.0 Å². The fourth-order valence-corrected chi connectivity index (χ4v) is 2.16. The summed E-state index contributed by atoms with van der Waals surface area (Å²) in [4.78, 5) is 4.22. The minimum Gasteiger partial charge on any atom is -0.496 e. The predicted octanol–water partition coefficient (Wildman–Crippen LogP) is 3.15. The van der Waals surface area contributed by atoms with Gasteiger partial charge in [0.2, 0.25) is 0 Å². The zero-order valence-corrected chi connectivity index (χ0v) is 17.7. The summed E-state index contributed by atoms with van der Waals surface area (Å²) in [5.41, 5.74) is 2.41. The lowest BCUT2D eigenvalue weighted by molar-refractivity contribution is 0.136. The van der Waals surface area contributed by atoms with Gasteiger partial charge in [-0.2, -0.15) is 0 Å². The summed E-state index contributed by atoms with van der Waals surface area (Å²) in [7, 11) is 3.49. The smallest absolute Gasteiger partial charge is 0.191 e. The molecule has 24 heavy (non-hydrogen) atoms. The minimum atomic E-state index is 0. The SMILES string of the molecule is CCCCOCCNC(=NC)NCCc1ccc(C)c(OC)c1.I. The number of hydrogen-bond acceptors (Lipinski definition) is 3. The molecule has 0 spiro atoms. The summed E-state index contributed by atoms with van der Waals surface area (Å²) >= 11 is 0. The van der Waals surface area contributed by atoms with E-state index in [0.29, 0.717) is 6.61 Å². The summed E-state index contributed by atoms with van der Waals surface area (Å²) in [6.45, 7) is 7.34. The lowest BCUT2D eigenvalue weighted by Crippen LogP contribution is -2.39. The van der Waals surface area contributed by atoms with Crippen LogP contribution >= 0.6 is 24.0 Å². The third-order valence-corrected chi connectivity index (χ3v) is 3.58. The fraction of sp³-hybridized carbons (Fsp3) is 0.611. The van der Waals surface area contributed by atoms with Crippen LogP contribution in [0.1, 0.15) is 30.9 Å². The van der Waals surface area contributed by atoms with Gasteiger partial charge in [-0.05, 0) is 37.0 Å². The second-order valence-corrected chi connectivity index (χ2v) is 5.45. The Hall–Kier alpha value is -1.02. The van der Waals surface area contributed by atoms with Gasteiger partial charge in [-0.25, -0.2) is 0 Å². The van der Waals surface area contributed by atoms with Crippen LogP contribution in [-0.2, 0) is 11.2 Å². The van der Waals surface area contributed by atoms with Gasteiger partial charge in [-0.1, -0.05) is 25.5 Å². The van der Waals surface area contributed by atoms with Gasteiger partial charge in [0.1, 0.15) is 5.75 Å². The number of guanidine groups is 1. The van der Waals surface area contributed by atoms with Gasteiger partial charge in [0, 0.05) is 26.7 Å². The Bertz CT molecular complexity index is 481. The molecular formula is C18H32IN3O2. The highest BCUT2D eigenvalue weighted by atomic mass is 127. The van der Waals surface area contributed by atoms with Gasteiger partial charge in [0.25, 0.3) is 0 Å². The van der Waals surface area contributed by atoms with E-state index < -0.39 is 0 Å². The zero-order valence-electron chi connectivity index (χ0n) is 15.4. The van der Waals surface area contributed by atoms with E-state index in [1.165, 1.54) is 12.0 Å². The van der Waals surface area contributed by atoms with E-state index in [0.717, 1.165) is 49.8 Å². The number of benzene rings is 1. The Labute approximate surface area is 163 Å². The largest absolute Gasteiger partial charge is 0.496 e. The van der Waals surface area contributed by atoms with E-state index in [9.17, 15) is 0 Å². The maximum absolute atomic E-state index is 5.52. The molecule has 0 heterocycles. The monoisotopic (exact) mass is 449 g/mol. The summed E-state index contributed by atoms with van der Waals surface area (Å²) in [6, 6.07) is 6.32. The number of aliphatic imine (C=N–C) groups is 1. The van der Waals surface area contributed by atoms with E-state index >= 15 is 0 Å². The van der Waals surface area contributed by atoms with E-state index in [4.69, 9.17) is 9.47 Å². The van der Waals surface area contributed by atoms with Crippen molar-refractivity contribution in [1.29, 1.82) is 0 Å². The van der Waals surface area contributed by atoms with Crippen molar-refractivity contribution in [2.45, 2.75) is 33.1 Å². The molecular weight excluding hydrogens is 417 g/mol. The molecule has 0 radical (unpaired) electrons. The number of nitrogens with zero attached hydrogens (tertiary/aromatic N) is 1. The molecule has 0 aliphatic heterocycles. The quantitative estimate of drug-likeness (QED) is 0.250. The molecule has 0 fully saturated rings. The van der Waals surface area contributed by atoms with Crippen LogP contribution in [-0.4, -0.2) is 46.4 Å². The first-order valence-corrected chi connectivity index (χ1v) is 8.37. The molecule has 1 aromatic rings. The molecule has 1 aromatic carbocycles. The second-order valence-electron chi connectivity index (χ2n) is 5.45. The molecule has 0 saturated carbocycles. The van der Waals surface area contributed by atoms with Crippen LogP contribution in [0.25, 0.3) is 0 Å². The van der Waals surface area contributed by atoms with Crippen LogP contribution in [0.15, 0.2) is 23.2 Å². The highest BCUT2D eigenvalue weighted by Gasteiger charge is 2.01. The van der Waals surface area contributed by atoms with E-state index in [1.807, 2.05) is 0 Å². The molecule has 0 bridgehead atoms. The third kappa shape index (κ3) is 9.32. The van der Waals surface area contributed by atoms with Crippen LogP contribution in [0.4, 0.5) is 0 Å². The lowest BCUT2D eigenvalue weighted by atomic mass is 10.1. The van der Waals surface area contributed by atoms with Crippen LogP contribution in [0.5, 0.6) is 5.75 Å². The van der Waals surface area contributed by atoms with E-state index in [-0.39, 0.29) is 24.0 Å². The molecule has 0 aliphatic carbocycles. The predicted molar refractivity (Wildman–Crippen MR) is 112 cm³/mol. The first-order chi connectivity index (χ1) is 11.2. The van der Waals surface area contributed by atoms with Crippen LogP contribution in [0.2, 0.25) is 0 Å².